The third-order valence-corrected chi connectivity index (χ3v) is 6.14. The van der Waals surface area contributed by atoms with Gasteiger partial charge in [-0.15, -0.1) is 0 Å². The Morgan fingerprint density at radius 2 is 1.88 bits per heavy atom. The summed E-state index contributed by atoms with van der Waals surface area (Å²) in [6.45, 7) is 2.79. The van der Waals surface area contributed by atoms with Crippen molar-refractivity contribution in [3.8, 4) is 0 Å². The van der Waals surface area contributed by atoms with Gasteiger partial charge in [0.05, 0.1) is 10.6 Å². The molecule has 1 N–H and O–H groups in total. The number of anilines is 1. The molecule has 1 amide bonds. The van der Waals surface area contributed by atoms with E-state index in [2.05, 4.69) is 5.32 Å². The molecule has 6 nitrogen and oxygen atoms in total. The van der Waals surface area contributed by atoms with Crippen molar-refractivity contribution in [2.45, 2.75) is 17.9 Å². The SMILES string of the molecule is C[C@@H](C(=O)NCCN(C)C)N1c2cccc3cccc(c23)S1(=O)=O. The zero-order chi connectivity index (χ0) is 17.5. The van der Waals surface area contributed by atoms with Gasteiger partial charge in [-0.2, -0.15) is 0 Å². The van der Waals surface area contributed by atoms with E-state index in [1.54, 1.807) is 25.1 Å². The van der Waals surface area contributed by atoms with Crippen molar-refractivity contribution in [1.29, 1.82) is 0 Å². The maximum atomic E-state index is 12.9. The van der Waals surface area contributed by atoms with Crippen LogP contribution in [0.5, 0.6) is 0 Å². The van der Waals surface area contributed by atoms with Gasteiger partial charge in [-0.25, -0.2) is 8.42 Å². The molecule has 0 fully saturated rings. The highest BCUT2D eigenvalue weighted by Gasteiger charge is 2.40. The van der Waals surface area contributed by atoms with Crippen LogP contribution < -0.4 is 9.62 Å². The lowest BCUT2D eigenvalue weighted by Crippen LogP contribution is -2.47. The second-order valence-electron chi connectivity index (χ2n) is 6.20. The fraction of sp³-hybridized carbons (Fsp3) is 0.353. The van der Waals surface area contributed by atoms with Crippen molar-refractivity contribution in [3.05, 3.63) is 36.4 Å². The first-order valence-electron chi connectivity index (χ1n) is 7.82. The molecule has 1 aliphatic heterocycles. The van der Waals surface area contributed by atoms with Gasteiger partial charge < -0.3 is 10.2 Å². The van der Waals surface area contributed by atoms with Gasteiger partial charge in [-0.05, 0) is 38.5 Å². The molecule has 128 valence electrons. The summed E-state index contributed by atoms with van der Waals surface area (Å²) in [5.41, 5.74) is 0.568. The summed E-state index contributed by atoms with van der Waals surface area (Å²) < 4.78 is 27.1. The van der Waals surface area contributed by atoms with Gasteiger partial charge in [-0.3, -0.25) is 9.10 Å². The molecule has 0 saturated carbocycles. The summed E-state index contributed by atoms with van der Waals surface area (Å²) in [5, 5.41) is 4.35. The van der Waals surface area contributed by atoms with Crippen LogP contribution in [0.2, 0.25) is 0 Å². The van der Waals surface area contributed by atoms with Gasteiger partial charge in [-0.1, -0.05) is 24.3 Å². The number of rotatable bonds is 5. The van der Waals surface area contributed by atoms with Crippen molar-refractivity contribution in [2.24, 2.45) is 0 Å². The van der Waals surface area contributed by atoms with Crippen molar-refractivity contribution >= 4 is 32.4 Å². The van der Waals surface area contributed by atoms with E-state index < -0.39 is 16.1 Å². The van der Waals surface area contributed by atoms with Crippen LogP contribution in [-0.2, 0) is 14.8 Å². The van der Waals surface area contributed by atoms with Crippen LogP contribution in [0.3, 0.4) is 0 Å². The van der Waals surface area contributed by atoms with Gasteiger partial charge in [0.2, 0.25) is 5.91 Å². The molecule has 0 aliphatic carbocycles. The fourth-order valence-electron chi connectivity index (χ4n) is 3.00. The molecule has 3 rings (SSSR count). The number of nitrogens with zero attached hydrogens (tertiary/aromatic N) is 2. The molecular weight excluding hydrogens is 326 g/mol. The van der Waals surface area contributed by atoms with Gasteiger partial charge in [0.25, 0.3) is 10.0 Å². The number of hydrogen-bond acceptors (Lipinski definition) is 4. The van der Waals surface area contributed by atoms with Crippen molar-refractivity contribution in [2.75, 3.05) is 31.5 Å². The van der Waals surface area contributed by atoms with Crippen LogP contribution in [0.1, 0.15) is 6.92 Å². The number of amides is 1. The van der Waals surface area contributed by atoms with E-state index in [-0.39, 0.29) is 10.8 Å². The van der Waals surface area contributed by atoms with Gasteiger partial charge in [0, 0.05) is 18.5 Å². The number of sulfonamides is 1. The summed E-state index contributed by atoms with van der Waals surface area (Å²) in [6, 6.07) is 9.83. The van der Waals surface area contributed by atoms with Crippen molar-refractivity contribution < 1.29 is 13.2 Å². The predicted molar refractivity (Wildman–Crippen MR) is 94.6 cm³/mol. The highest BCUT2D eigenvalue weighted by atomic mass is 32.2. The van der Waals surface area contributed by atoms with Crippen LogP contribution in [-0.4, -0.2) is 52.5 Å². The number of nitrogens with one attached hydrogen (secondary N) is 1. The minimum atomic E-state index is -3.72. The van der Waals surface area contributed by atoms with Crippen molar-refractivity contribution in [1.82, 2.24) is 10.2 Å². The first-order valence-corrected chi connectivity index (χ1v) is 9.26. The molecule has 2 aromatic carbocycles. The van der Waals surface area contributed by atoms with Gasteiger partial charge in [0.1, 0.15) is 6.04 Å². The number of carbonyl (C=O) groups excluding carboxylic acids is 1. The Morgan fingerprint density at radius 3 is 2.54 bits per heavy atom. The highest BCUT2D eigenvalue weighted by molar-refractivity contribution is 7.93. The van der Waals surface area contributed by atoms with E-state index in [1.165, 1.54) is 4.31 Å². The molecule has 0 unspecified atom stereocenters. The van der Waals surface area contributed by atoms with Gasteiger partial charge in [0.15, 0.2) is 0 Å². The summed E-state index contributed by atoms with van der Waals surface area (Å²) in [4.78, 5) is 14.7. The second-order valence-corrected chi connectivity index (χ2v) is 7.99. The van der Waals surface area contributed by atoms with Crippen LogP contribution in [0.4, 0.5) is 5.69 Å². The smallest absolute Gasteiger partial charge is 0.265 e. The first-order chi connectivity index (χ1) is 11.3. The summed E-state index contributed by atoms with van der Waals surface area (Å²) in [6.07, 6.45) is 0. The lowest BCUT2D eigenvalue weighted by Gasteiger charge is -2.25. The van der Waals surface area contributed by atoms with Crippen LogP contribution >= 0.6 is 0 Å². The molecule has 0 spiro atoms. The van der Waals surface area contributed by atoms with Crippen molar-refractivity contribution in [3.63, 3.8) is 0 Å². The number of benzene rings is 2. The molecule has 0 bridgehead atoms. The second kappa shape index (κ2) is 6.07. The first kappa shape index (κ1) is 16.7. The number of hydrogen-bond donors (Lipinski definition) is 1. The minimum Gasteiger partial charge on any atom is -0.353 e. The zero-order valence-corrected chi connectivity index (χ0v) is 14.8. The van der Waals surface area contributed by atoms with E-state index in [9.17, 15) is 13.2 Å². The summed E-state index contributed by atoms with van der Waals surface area (Å²) >= 11 is 0. The van der Waals surface area contributed by atoms with E-state index in [1.807, 2.05) is 37.2 Å². The molecule has 1 atom stereocenters. The zero-order valence-electron chi connectivity index (χ0n) is 14.0. The van der Waals surface area contributed by atoms with E-state index in [0.29, 0.717) is 24.2 Å². The van der Waals surface area contributed by atoms with Crippen LogP contribution in [0, 0.1) is 0 Å². The normalized spacial score (nSPS) is 16.6. The van der Waals surface area contributed by atoms with Gasteiger partial charge >= 0.3 is 0 Å². The average molecular weight is 347 g/mol. The summed E-state index contributed by atoms with van der Waals surface area (Å²) in [5.74, 6) is -0.301. The Morgan fingerprint density at radius 1 is 1.21 bits per heavy atom. The lowest BCUT2D eigenvalue weighted by atomic mass is 10.1. The Hall–Kier alpha value is -2.12. The molecule has 0 aromatic heterocycles. The third-order valence-electron chi connectivity index (χ3n) is 4.21. The Labute approximate surface area is 142 Å². The van der Waals surface area contributed by atoms with E-state index in [4.69, 9.17) is 0 Å². The predicted octanol–water partition coefficient (Wildman–Crippen LogP) is 1.41. The summed E-state index contributed by atoms with van der Waals surface area (Å²) in [7, 11) is 0.107. The van der Waals surface area contributed by atoms with Crippen LogP contribution in [0.15, 0.2) is 41.3 Å². The molecule has 7 heteroatoms. The fourth-order valence-corrected chi connectivity index (χ4v) is 4.86. The van der Waals surface area contributed by atoms with Crippen LogP contribution in [0.25, 0.3) is 10.8 Å². The lowest BCUT2D eigenvalue weighted by molar-refractivity contribution is -0.121. The standard InChI is InChI=1S/C17H21N3O3S/c1-12(17(21)18-10-11-19(2)3)20-14-8-4-6-13-7-5-9-15(16(13)14)24(20,22)23/h4-9,12H,10-11H2,1-3H3,(H,18,21)/t12-/m0/s1. The number of likely N-dealkylation sites (N-methyl/N-ethyl adjacent to an activating group) is 1. The Balaban J connectivity index is 1.95. The highest BCUT2D eigenvalue weighted by Crippen LogP contribution is 2.43. The van der Waals surface area contributed by atoms with E-state index in [0.717, 1.165) is 5.39 Å². The maximum absolute atomic E-state index is 12.9. The Bertz CT molecular complexity index is 888. The monoisotopic (exact) mass is 347 g/mol. The topological polar surface area (TPSA) is 69.7 Å². The average Bonchev–Trinajstić information content (AvgIpc) is 2.76. The largest absolute Gasteiger partial charge is 0.353 e. The molecule has 2 aromatic rings. The molecule has 0 radical (unpaired) electrons. The molecule has 1 aliphatic rings. The molecule has 24 heavy (non-hydrogen) atoms. The minimum absolute atomic E-state index is 0.267. The third kappa shape index (κ3) is 2.63. The quantitative estimate of drug-likeness (QED) is 0.888. The Kier molecular flexibility index (Phi) is 4.23. The molecule has 0 saturated heterocycles. The molecular formula is C17H21N3O3S. The maximum Gasteiger partial charge on any atom is 0.265 e. The number of carbonyl (C=O) groups is 1. The molecule has 1 heterocycles. The van der Waals surface area contributed by atoms with E-state index >= 15 is 0 Å².